The Hall–Kier alpha value is -2.02. The van der Waals surface area contributed by atoms with E-state index < -0.39 is 0 Å². The minimum atomic E-state index is -0.0176. The van der Waals surface area contributed by atoms with Crippen LogP contribution in [0.2, 0.25) is 0 Å². The molecule has 1 amide bonds. The van der Waals surface area contributed by atoms with Crippen LogP contribution in [0, 0.1) is 0 Å². The maximum Gasteiger partial charge on any atom is 0.276 e. The molecule has 1 atom stereocenters. The molecule has 3 fully saturated rings. The van der Waals surface area contributed by atoms with Crippen molar-refractivity contribution in [1.29, 1.82) is 0 Å². The smallest absolute Gasteiger partial charge is 0.276 e. The molecule has 25 heavy (non-hydrogen) atoms. The van der Waals surface area contributed by atoms with Crippen LogP contribution in [0.3, 0.4) is 0 Å². The first-order chi connectivity index (χ1) is 12.2. The highest BCUT2D eigenvalue weighted by atomic mass is 32.2. The molecule has 1 aliphatic carbocycles. The lowest BCUT2D eigenvalue weighted by Gasteiger charge is -2.47. The maximum absolute atomic E-state index is 12.5. The molecule has 6 nitrogen and oxygen atoms in total. The van der Waals surface area contributed by atoms with E-state index in [9.17, 15) is 4.79 Å². The summed E-state index contributed by atoms with van der Waals surface area (Å²) in [5, 5.41) is 3.96. The van der Waals surface area contributed by atoms with Crippen LogP contribution in [0.15, 0.2) is 35.0 Å². The Kier molecular flexibility index (Phi) is 3.51. The molecule has 5 rings (SSSR count). The van der Waals surface area contributed by atoms with Crippen LogP contribution >= 0.6 is 11.8 Å². The Morgan fingerprint density at radius 1 is 1.36 bits per heavy atom. The molecule has 2 aromatic heterocycles. The number of hydrogen-bond acceptors (Lipinski definition) is 6. The second-order valence-corrected chi connectivity index (χ2v) is 8.64. The van der Waals surface area contributed by atoms with E-state index in [0.29, 0.717) is 17.5 Å². The minimum absolute atomic E-state index is 0.0176. The summed E-state index contributed by atoms with van der Waals surface area (Å²) in [6.45, 7) is 1.51. The Bertz CT molecular complexity index is 784. The maximum atomic E-state index is 12.5. The van der Waals surface area contributed by atoms with E-state index >= 15 is 0 Å². The van der Waals surface area contributed by atoms with E-state index in [1.54, 1.807) is 6.20 Å². The topological polar surface area (TPSA) is 68.5 Å². The molecule has 0 bridgehead atoms. The van der Waals surface area contributed by atoms with Crippen molar-refractivity contribution >= 4 is 17.7 Å². The van der Waals surface area contributed by atoms with Crippen LogP contribution in [0.1, 0.15) is 41.4 Å². The van der Waals surface area contributed by atoms with Crippen molar-refractivity contribution in [3.63, 3.8) is 0 Å². The first-order valence-electron chi connectivity index (χ1n) is 8.68. The summed E-state index contributed by atoms with van der Waals surface area (Å²) in [5.41, 5.74) is 0.445. The average molecular weight is 357 g/mol. The number of carbonyl (C=O) groups is 1. The number of amides is 1. The zero-order chi connectivity index (χ0) is 16.9. The van der Waals surface area contributed by atoms with Crippen molar-refractivity contribution in [2.24, 2.45) is 0 Å². The zero-order valence-corrected chi connectivity index (χ0v) is 14.6. The van der Waals surface area contributed by atoms with Gasteiger partial charge in [-0.25, -0.2) is 4.98 Å². The van der Waals surface area contributed by atoms with Crippen molar-refractivity contribution < 1.29 is 14.1 Å². The monoisotopic (exact) mass is 357 g/mol. The fraction of sp³-hybridized carbons (Fsp3) is 0.500. The van der Waals surface area contributed by atoms with Crippen LogP contribution < -0.4 is 4.74 Å². The molecule has 3 aliphatic rings. The van der Waals surface area contributed by atoms with Crippen molar-refractivity contribution in [2.45, 2.75) is 36.0 Å². The first kappa shape index (κ1) is 15.3. The largest absolute Gasteiger partial charge is 0.473 e. The molecule has 0 unspecified atom stereocenters. The third kappa shape index (κ3) is 2.90. The standard InChI is InChI=1S/C18H19N3O3S/c22-17(14-7-15(24-20-14)12-4-5-12)21-10-18(11-21)8-13(9-25-18)23-16-3-1-2-6-19-16/h1-3,6-7,12-13H,4-5,8-11H2/t13-/m0/s1. The van der Waals surface area contributed by atoms with Gasteiger partial charge in [0.1, 0.15) is 11.9 Å². The Morgan fingerprint density at radius 2 is 2.24 bits per heavy atom. The van der Waals surface area contributed by atoms with Gasteiger partial charge < -0.3 is 14.2 Å². The van der Waals surface area contributed by atoms with Gasteiger partial charge in [-0.05, 0) is 18.9 Å². The number of ether oxygens (including phenoxy) is 1. The highest BCUT2D eigenvalue weighted by Crippen LogP contribution is 2.46. The molecule has 2 aliphatic heterocycles. The molecule has 2 saturated heterocycles. The van der Waals surface area contributed by atoms with Crippen molar-refractivity contribution in [2.75, 3.05) is 18.8 Å². The third-order valence-corrected chi connectivity index (χ3v) is 6.65. The van der Waals surface area contributed by atoms with Gasteiger partial charge in [-0.2, -0.15) is 0 Å². The highest BCUT2D eigenvalue weighted by molar-refractivity contribution is 8.01. The summed E-state index contributed by atoms with van der Waals surface area (Å²) >= 11 is 1.90. The van der Waals surface area contributed by atoms with Gasteiger partial charge in [-0.1, -0.05) is 11.2 Å². The molecule has 1 spiro atoms. The Morgan fingerprint density at radius 3 is 3.00 bits per heavy atom. The fourth-order valence-corrected chi connectivity index (χ4v) is 5.11. The SMILES string of the molecule is O=C(c1cc(C2CC2)on1)N1CC2(C[C@H](Oc3ccccn3)CS2)C1. The van der Waals surface area contributed by atoms with E-state index in [4.69, 9.17) is 9.26 Å². The third-order valence-electron chi connectivity index (χ3n) is 5.07. The Labute approximate surface area is 149 Å². The van der Waals surface area contributed by atoms with Gasteiger partial charge in [-0.15, -0.1) is 11.8 Å². The van der Waals surface area contributed by atoms with Crippen molar-refractivity contribution in [1.82, 2.24) is 15.0 Å². The highest BCUT2D eigenvalue weighted by Gasteiger charge is 2.51. The molecule has 2 aromatic rings. The first-order valence-corrected chi connectivity index (χ1v) is 9.67. The predicted molar refractivity (Wildman–Crippen MR) is 92.8 cm³/mol. The Balaban J connectivity index is 1.17. The lowest BCUT2D eigenvalue weighted by Crippen LogP contribution is -2.60. The summed E-state index contributed by atoms with van der Waals surface area (Å²) in [6, 6.07) is 7.51. The lowest BCUT2D eigenvalue weighted by atomic mass is 9.92. The summed E-state index contributed by atoms with van der Waals surface area (Å²) in [4.78, 5) is 18.6. The quantitative estimate of drug-likeness (QED) is 0.838. The van der Waals surface area contributed by atoms with Gasteiger partial charge >= 0.3 is 0 Å². The lowest BCUT2D eigenvalue weighted by molar-refractivity contribution is 0.0506. The normalized spacial score (nSPS) is 24.3. The van der Waals surface area contributed by atoms with Gasteiger partial charge in [0.25, 0.3) is 5.91 Å². The molecular weight excluding hydrogens is 338 g/mol. The second kappa shape index (κ2) is 5.76. The predicted octanol–water partition coefficient (Wildman–Crippen LogP) is 2.73. The fourth-order valence-electron chi connectivity index (χ4n) is 3.59. The van der Waals surface area contributed by atoms with E-state index in [1.165, 1.54) is 0 Å². The number of nitrogens with zero attached hydrogens (tertiary/aromatic N) is 3. The molecule has 0 aromatic carbocycles. The van der Waals surface area contributed by atoms with Crippen LogP contribution in [0.4, 0.5) is 0 Å². The van der Waals surface area contributed by atoms with E-state index in [1.807, 2.05) is 40.9 Å². The number of aromatic nitrogens is 2. The van der Waals surface area contributed by atoms with Crippen LogP contribution in [0.5, 0.6) is 5.88 Å². The molecule has 1 saturated carbocycles. The molecule has 7 heteroatoms. The number of carbonyl (C=O) groups excluding carboxylic acids is 1. The second-order valence-electron chi connectivity index (χ2n) is 7.16. The molecular formula is C18H19N3O3S. The number of hydrogen-bond donors (Lipinski definition) is 0. The zero-order valence-electron chi connectivity index (χ0n) is 13.8. The molecule has 4 heterocycles. The van der Waals surface area contributed by atoms with Gasteiger partial charge in [0, 0.05) is 49.5 Å². The van der Waals surface area contributed by atoms with Gasteiger partial charge in [0.15, 0.2) is 5.69 Å². The van der Waals surface area contributed by atoms with Gasteiger partial charge in [0.2, 0.25) is 5.88 Å². The minimum Gasteiger partial charge on any atom is -0.473 e. The molecule has 130 valence electrons. The number of thioether (sulfide) groups is 1. The van der Waals surface area contributed by atoms with E-state index in [2.05, 4.69) is 10.1 Å². The van der Waals surface area contributed by atoms with Crippen LogP contribution in [0.25, 0.3) is 0 Å². The summed E-state index contributed by atoms with van der Waals surface area (Å²) in [6.07, 6.45) is 5.13. The van der Waals surface area contributed by atoms with Crippen LogP contribution in [-0.4, -0.2) is 50.6 Å². The summed E-state index contributed by atoms with van der Waals surface area (Å²) in [7, 11) is 0. The van der Waals surface area contributed by atoms with Crippen LogP contribution in [-0.2, 0) is 0 Å². The van der Waals surface area contributed by atoms with E-state index in [0.717, 1.165) is 43.9 Å². The number of likely N-dealkylation sites (tertiary alicyclic amines) is 1. The summed E-state index contributed by atoms with van der Waals surface area (Å²) < 4.78 is 11.4. The molecule has 0 N–H and O–H groups in total. The van der Waals surface area contributed by atoms with Gasteiger partial charge in [-0.3, -0.25) is 4.79 Å². The molecule has 0 radical (unpaired) electrons. The van der Waals surface area contributed by atoms with Crippen molar-refractivity contribution in [3.8, 4) is 5.88 Å². The summed E-state index contributed by atoms with van der Waals surface area (Å²) in [5.74, 6) is 2.93. The number of rotatable bonds is 4. The number of pyridine rings is 1. The van der Waals surface area contributed by atoms with Crippen molar-refractivity contribution in [3.05, 3.63) is 41.9 Å². The van der Waals surface area contributed by atoms with E-state index in [-0.39, 0.29) is 16.8 Å². The average Bonchev–Trinajstić information content (AvgIpc) is 3.17. The van der Waals surface area contributed by atoms with Gasteiger partial charge in [0.05, 0.1) is 4.75 Å².